The van der Waals surface area contributed by atoms with Crippen LogP contribution in [0.15, 0.2) is 26.0 Å². The molecule has 0 aliphatic rings. The summed E-state index contributed by atoms with van der Waals surface area (Å²) in [6, 6.07) is 1.99. The number of fused-ring (bicyclic) bond motifs is 2. The SMILES string of the molecule is Cc1coc2c(C)c3oc(=O)c(COCCO)c(C)c3cc12. The molecule has 5 nitrogen and oxygen atoms in total. The molecule has 0 aliphatic heterocycles. The third-order valence-electron chi connectivity index (χ3n) is 4.02. The van der Waals surface area contributed by atoms with Crippen molar-refractivity contribution in [1.82, 2.24) is 0 Å². The molecular formula is C17H18O5. The first-order valence-corrected chi connectivity index (χ1v) is 7.17. The average Bonchev–Trinajstić information content (AvgIpc) is 2.86. The second-order valence-corrected chi connectivity index (χ2v) is 5.44. The van der Waals surface area contributed by atoms with E-state index in [0.29, 0.717) is 11.1 Å². The van der Waals surface area contributed by atoms with E-state index in [1.807, 2.05) is 26.8 Å². The molecule has 0 bridgehead atoms. The lowest BCUT2D eigenvalue weighted by Gasteiger charge is -2.10. The van der Waals surface area contributed by atoms with E-state index in [1.54, 1.807) is 6.26 Å². The fourth-order valence-corrected chi connectivity index (χ4v) is 2.72. The molecule has 0 aliphatic carbocycles. The molecule has 0 radical (unpaired) electrons. The van der Waals surface area contributed by atoms with Crippen LogP contribution in [-0.2, 0) is 11.3 Å². The van der Waals surface area contributed by atoms with Gasteiger partial charge in [-0.3, -0.25) is 0 Å². The molecule has 1 N–H and O–H groups in total. The number of aryl methyl sites for hydroxylation is 3. The Kier molecular flexibility index (Phi) is 3.76. The largest absolute Gasteiger partial charge is 0.464 e. The lowest BCUT2D eigenvalue weighted by atomic mass is 10.0. The van der Waals surface area contributed by atoms with Gasteiger partial charge in [-0.25, -0.2) is 4.79 Å². The zero-order valence-corrected chi connectivity index (χ0v) is 12.9. The van der Waals surface area contributed by atoms with Gasteiger partial charge in [-0.05, 0) is 38.0 Å². The molecular weight excluding hydrogens is 284 g/mol. The van der Waals surface area contributed by atoms with E-state index in [-0.39, 0.29) is 19.8 Å². The van der Waals surface area contributed by atoms with E-state index >= 15 is 0 Å². The maximum Gasteiger partial charge on any atom is 0.342 e. The smallest absolute Gasteiger partial charge is 0.342 e. The Hall–Kier alpha value is -2.11. The molecule has 0 fully saturated rings. The van der Waals surface area contributed by atoms with Crippen molar-refractivity contribution in [2.24, 2.45) is 0 Å². The molecule has 0 saturated carbocycles. The maximum absolute atomic E-state index is 12.2. The minimum atomic E-state index is -0.409. The summed E-state index contributed by atoms with van der Waals surface area (Å²) >= 11 is 0. The number of rotatable bonds is 4. The zero-order valence-electron chi connectivity index (χ0n) is 12.9. The number of benzene rings is 1. The van der Waals surface area contributed by atoms with Crippen molar-refractivity contribution in [3.63, 3.8) is 0 Å². The van der Waals surface area contributed by atoms with Crippen LogP contribution in [0.25, 0.3) is 21.9 Å². The van der Waals surface area contributed by atoms with E-state index in [9.17, 15) is 4.79 Å². The monoisotopic (exact) mass is 302 g/mol. The topological polar surface area (TPSA) is 72.8 Å². The summed E-state index contributed by atoms with van der Waals surface area (Å²) in [5.74, 6) is 0. The van der Waals surface area contributed by atoms with Crippen LogP contribution in [0.3, 0.4) is 0 Å². The third kappa shape index (κ3) is 2.23. The molecule has 3 rings (SSSR count). The van der Waals surface area contributed by atoms with Crippen molar-refractivity contribution in [1.29, 1.82) is 0 Å². The predicted molar refractivity (Wildman–Crippen MR) is 83.2 cm³/mol. The van der Waals surface area contributed by atoms with Crippen LogP contribution >= 0.6 is 0 Å². The Morgan fingerprint density at radius 2 is 1.91 bits per heavy atom. The van der Waals surface area contributed by atoms with Crippen molar-refractivity contribution in [2.45, 2.75) is 27.4 Å². The highest BCUT2D eigenvalue weighted by atomic mass is 16.5. The minimum Gasteiger partial charge on any atom is -0.464 e. The normalized spacial score (nSPS) is 11.6. The standard InChI is InChI=1S/C17H18O5/c1-9-7-21-15-11(3)16-13(6-12(9)15)10(2)14(17(19)22-16)8-20-5-4-18/h6-7,18H,4-5,8H2,1-3H3. The molecule has 5 heteroatoms. The van der Waals surface area contributed by atoms with E-state index in [0.717, 1.165) is 33.0 Å². The Bertz CT molecular complexity index is 901. The van der Waals surface area contributed by atoms with E-state index in [4.69, 9.17) is 18.7 Å². The maximum atomic E-state index is 12.2. The molecule has 116 valence electrons. The molecule has 0 amide bonds. The van der Waals surface area contributed by atoms with Gasteiger partial charge < -0.3 is 18.7 Å². The van der Waals surface area contributed by atoms with Gasteiger partial charge in [0.1, 0.15) is 11.2 Å². The molecule has 0 spiro atoms. The summed E-state index contributed by atoms with van der Waals surface area (Å²) in [5, 5.41) is 10.7. The van der Waals surface area contributed by atoms with E-state index in [2.05, 4.69) is 0 Å². The summed E-state index contributed by atoms with van der Waals surface area (Å²) in [4.78, 5) is 12.2. The second-order valence-electron chi connectivity index (χ2n) is 5.44. The molecule has 0 saturated heterocycles. The number of ether oxygens (including phenoxy) is 1. The van der Waals surface area contributed by atoms with Crippen LogP contribution in [0.5, 0.6) is 0 Å². The summed E-state index contributed by atoms with van der Waals surface area (Å²) < 4.78 is 16.3. The van der Waals surface area contributed by atoms with Crippen molar-refractivity contribution >= 4 is 21.9 Å². The highest BCUT2D eigenvalue weighted by Gasteiger charge is 2.17. The molecule has 1 aromatic carbocycles. The van der Waals surface area contributed by atoms with Gasteiger partial charge in [-0.2, -0.15) is 0 Å². The lowest BCUT2D eigenvalue weighted by molar-refractivity contribution is 0.0798. The van der Waals surface area contributed by atoms with Crippen LogP contribution < -0.4 is 5.63 Å². The van der Waals surface area contributed by atoms with E-state index < -0.39 is 5.63 Å². The minimum absolute atomic E-state index is 0.0775. The van der Waals surface area contributed by atoms with Crippen LogP contribution in [0, 0.1) is 20.8 Å². The van der Waals surface area contributed by atoms with Crippen molar-refractivity contribution in [2.75, 3.05) is 13.2 Å². The lowest BCUT2D eigenvalue weighted by Crippen LogP contribution is -2.13. The first kappa shape index (κ1) is 14.8. The molecule has 2 heterocycles. The highest BCUT2D eigenvalue weighted by molar-refractivity contribution is 5.99. The molecule has 0 unspecified atom stereocenters. The third-order valence-corrected chi connectivity index (χ3v) is 4.02. The summed E-state index contributed by atoms with van der Waals surface area (Å²) in [7, 11) is 0. The van der Waals surface area contributed by atoms with Crippen LogP contribution in [-0.4, -0.2) is 18.3 Å². The van der Waals surface area contributed by atoms with Crippen LogP contribution in [0.4, 0.5) is 0 Å². The Morgan fingerprint density at radius 1 is 1.14 bits per heavy atom. The number of aliphatic hydroxyl groups is 1. The molecule has 2 aromatic heterocycles. The molecule has 3 aromatic rings. The number of furan rings is 1. The predicted octanol–water partition coefficient (Wildman–Crippen LogP) is 2.97. The average molecular weight is 302 g/mol. The summed E-state index contributed by atoms with van der Waals surface area (Å²) in [5.41, 5.74) is 4.09. The van der Waals surface area contributed by atoms with Crippen molar-refractivity contribution in [3.05, 3.63) is 45.0 Å². The summed E-state index contributed by atoms with van der Waals surface area (Å²) in [6.45, 7) is 6.00. The quantitative estimate of drug-likeness (QED) is 0.592. The van der Waals surface area contributed by atoms with Gasteiger partial charge in [0.15, 0.2) is 0 Å². The van der Waals surface area contributed by atoms with Gasteiger partial charge in [0.25, 0.3) is 0 Å². The van der Waals surface area contributed by atoms with Crippen molar-refractivity contribution in [3.8, 4) is 0 Å². The van der Waals surface area contributed by atoms with E-state index in [1.165, 1.54) is 0 Å². The van der Waals surface area contributed by atoms with Crippen LogP contribution in [0.1, 0.15) is 22.3 Å². The first-order chi connectivity index (χ1) is 10.5. The van der Waals surface area contributed by atoms with Gasteiger partial charge in [-0.15, -0.1) is 0 Å². The highest BCUT2D eigenvalue weighted by Crippen LogP contribution is 2.32. The van der Waals surface area contributed by atoms with Gasteiger partial charge in [0, 0.05) is 16.3 Å². The number of aliphatic hydroxyl groups excluding tert-OH is 1. The summed E-state index contributed by atoms with van der Waals surface area (Å²) in [6.07, 6.45) is 1.70. The second kappa shape index (κ2) is 5.59. The number of hydrogen-bond donors (Lipinski definition) is 1. The zero-order chi connectivity index (χ0) is 15.9. The fraction of sp³-hybridized carbons (Fsp3) is 0.353. The molecule has 22 heavy (non-hydrogen) atoms. The van der Waals surface area contributed by atoms with Gasteiger partial charge in [-0.1, -0.05) is 0 Å². The number of hydrogen-bond acceptors (Lipinski definition) is 5. The van der Waals surface area contributed by atoms with Crippen LogP contribution in [0.2, 0.25) is 0 Å². The van der Waals surface area contributed by atoms with Gasteiger partial charge in [0.05, 0.1) is 31.6 Å². The van der Waals surface area contributed by atoms with Gasteiger partial charge in [0.2, 0.25) is 0 Å². The Labute approximate surface area is 127 Å². The Balaban J connectivity index is 2.27. The molecule has 0 atom stereocenters. The first-order valence-electron chi connectivity index (χ1n) is 7.17. The van der Waals surface area contributed by atoms with Crippen molar-refractivity contribution < 1.29 is 18.7 Å². The Morgan fingerprint density at radius 3 is 2.64 bits per heavy atom. The fourth-order valence-electron chi connectivity index (χ4n) is 2.72. The van der Waals surface area contributed by atoms with Gasteiger partial charge >= 0.3 is 5.63 Å².